The van der Waals surface area contributed by atoms with E-state index in [-0.39, 0.29) is 5.75 Å². The number of aromatic hydroxyl groups is 1. The maximum atomic E-state index is 9.89. The van der Waals surface area contributed by atoms with Gasteiger partial charge < -0.3 is 16.6 Å². The van der Waals surface area contributed by atoms with Gasteiger partial charge in [-0.2, -0.15) is 0 Å². The van der Waals surface area contributed by atoms with E-state index in [9.17, 15) is 5.11 Å². The molecule has 0 aliphatic rings. The summed E-state index contributed by atoms with van der Waals surface area (Å²) >= 11 is 0. The number of pyridine rings is 2. The number of rotatable bonds is 0. The number of aromatic nitrogens is 2. The van der Waals surface area contributed by atoms with E-state index >= 15 is 0 Å². The Labute approximate surface area is 110 Å². The number of nitrogen functional groups attached to an aromatic ring is 2. The molecule has 0 saturated carbocycles. The van der Waals surface area contributed by atoms with Crippen LogP contribution in [0.1, 0.15) is 13.8 Å². The molecule has 0 radical (unpaired) electrons. The lowest BCUT2D eigenvalue weighted by molar-refractivity contribution is 0.481. The van der Waals surface area contributed by atoms with Crippen molar-refractivity contribution in [2.75, 3.05) is 11.5 Å². The first-order chi connectivity index (χ1) is 9.15. The van der Waals surface area contributed by atoms with Crippen molar-refractivity contribution in [1.82, 2.24) is 9.97 Å². The zero-order chi connectivity index (χ0) is 14.0. The Hall–Kier alpha value is -2.56. The average molecular weight is 256 g/mol. The zero-order valence-corrected chi connectivity index (χ0v) is 10.9. The van der Waals surface area contributed by atoms with Crippen molar-refractivity contribution < 1.29 is 5.11 Å². The first kappa shape index (κ1) is 12.9. The molecule has 2 aromatic heterocycles. The Bertz CT molecular complexity index is 740. The van der Waals surface area contributed by atoms with Crippen molar-refractivity contribution >= 4 is 33.4 Å². The summed E-state index contributed by atoms with van der Waals surface area (Å²) in [4.78, 5) is 8.28. The standard InChI is InChI=1S/C12H10N4O.C2H6/c13-10-3-1-6-7-2-4-11(14)16-12(7)9(17)5-8(6)15-10;1-2/h1-5,17H,(H2,13,15)(H2,14,16);1-2H3. The fourth-order valence-electron chi connectivity index (χ4n) is 1.91. The molecule has 1 aromatic carbocycles. The molecule has 98 valence electrons. The van der Waals surface area contributed by atoms with Crippen LogP contribution in [-0.4, -0.2) is 15.1 Å². The number of phenols is 1. The second kappa shape index (κ2) is 4.97. The van der Waals surface area contributed by atoms with Crippen LogP contribution < -0.4 is 11.5 Å². The summed E-state index contributed by atoms with van der Waals surface area (Å²) < 4.78 is 0. The van der Waals surface area contributed by atoms with Gasteiger partial charge in [0.15, 0.2) is 0 Å². The van der Waals surface area contributed by atoms with Gasteiger partial charge in [-0.25, -0.2) is 9.97 Å². The molecule has 0 saturated heterocycles. The van der Waals surface area contributed by atoms with Crippen molar-refractivity contribution in [3.05, 3.63) is 30.3 Å². The largest absolute Gasteiger partial charge is 0.506 e. The van der Waals surface area contributed by atoms with Gasteiger partial charge in [0.1, 0.15) is 22.9 Å². The molecule has 0 fully saturated rings. The Morgan fingerprint density at radius 3 is 2.16 bits per heavy atom. The van der Waals surface area contributed by atoms with Gasteiger partial charge in [0, 0.05) is 16.8 Å². The Morgan fingerprint density at radius 2 is 1.47 bits per heavy atom. The summed E-state index contributed by atoms with van der Waals surface area (Å²) in [6, 6.07) is 8.63. The molecule has 5 N–H and O–H groups in total. The van der Waals surface area contributed by atoms with Gasteiger partial charge in [0.05, 0.1) is 5.52 Å². The molecule has 0 aliphatic carbocycles. The van der Waals surface area contributed by atoms with Gasteiger partial charge in [-0.15, -0.1) is 0 Å². The van der Waals surface area contributed by atoms with Crippen molar-refractivity contribution in [1.29, 1.82) is 0 Å². The number of nitrogens with zero attached hydrogens (tertiary/aromatic N) is 2. The molecule has 5 nitrogen and oxygen atoms in total. The number of nitrogens with two attached hydrogens (primary N) is 2. The number of phenolic OH excluding ortho intramolecular Hbond substituents is 1. The van der Waals surface area contributed by atoms with Gasteiger partial charge in [-0.05, 0) is 24.3 Å². The summed E-state index contributed by atoms with van der Waals surface area (Å²) in [7, 11) is 0. The van der Waals surface area contributed by atoms with E-state index in [1.807, 2.05) is 26.0 Å². The van der Waals surface area contributed by atoms with Crippen LogP contribution in [0.15, 0.2) is 30.3 Å². The third kappa shape index (κ3) is 2.22. The maximum absolute atomic E-state index is 9.89. The highest BCUT2D eigenvalue weighted by molar-refractivity contribution is 6.08. The van der Waals surface area contributed by atoms with E-state index in [2.05, 4.69) is 9.97 Å². The minimum absolute atomic E-state index is 0.0536. The molecule has 19 heavy (non-hydrogen) atoms. The van der Waals surface area contributed by atoms with E-state index in [1.165, 1.54) is 0 Å². The Balaban J connectivity index is 0.000000637. The number of hydrogen-bond acceptors (Lipinski definition) is 5. The number of fused-ring (bicyclic) bond motifs is 3. The van der Waals surface area contributed by atoms with E-state index < -0.39 is 0 Å². The monoisotopic (exact) mass is 256 g/mol. The first-order valence-electron chi connectivity index (χ1n) is 6.09. The lowest BCUT2D eigenvalue weighted by atomic mass is 10.1. The summed E-state index contributed by atoms with van der Waals surface area (Å²) in [5.41, 5.74) is 12.3. The molecule has 3 aromatic rings. The van der Waals surface area contributed by atoms with Crippen LogP contribution in [0.3, 0.4) is 0 Å². The van der Waals surface area contributed by atoms with E-state index in [0.29, 0.717) is 22.7 Å². The quantitative estimate of drug-likeness (QED) is 0.537. The van der Waals surface area contributed by atoms with Crippen LogP contribution >= 0.6 is 0 Å². The third-order valence-electron chi connectivity index (χ3n) is 2.67. The predicted octanol–water partition coefficient (Wildman–Crippen LogP) is 2.68. The van der Waals surface area contributed by atoms with Crippen LogP contribution in [0.4, 0.5) is 11.6 Å². The Morgan fingerprint density at radius 1 is 0.895 bits per heavy atom. The minimum atomic E-state index is 0.0536. The van der Waals surface area contributed by atoms with Gasteiger partial charge in [0.25, 0.3) is 0 Å². The van der Waals surface area contributed by atoms with Crippen molar-refractivity contribution in [3.63, 3.8) is 0 Å². The van der Waals surface area contributed by atoms with Crippen molar-refractivity contribution in [2.24, 2.45) is 0 Å². The van der Waals surface area contributed by atoms with Crippen LogP contribution in [0, 0.1) is 0 Å². The molecule has 0 spiro atoms. The summed E-state index contributed by atoms with van der Waals surface area (Å²) in [6.45, 7) is 4.00. The van der Waals surface area contributed by atoms with Gasteiger partial charge in [0.2, 0.25) is 0 Å². The van der Waals surface area contributed by atoms with E-state index in [0.717, 1.165) is 10.8 Å². The SMILES string of the molecule is CC.Nc1ccc2c(cc(O)c3nc(N)ccc32)n1. The predicted molar refractivity (Wildman–Crippen MR) is 78.9 cm³/mol. The van der Waals surface area contributed by atoms with Crippen molar-refractivity contribution in [2.45, 2.75) is 13.8 Å². The lowest BCUT2D eigenvalue weighted by Gasteiger charge is -2.06. The summed E-state index contributed by atoms with van der Waals surface area (Å²) in [5.74, 6) is 0.841. The van der Waals surface area contributed by atoms with Crippen LogP contribution in [0.2, 0.25) is 0 Å². The molecule has 2 heterocycles. The van der Waals surface area contributed by atoms with Gasteiger partial charge >= 0.3 is 0 Å². The second-order valence-electron chi connectivity index (χ2n) is 3.83. The van der Waals surface area contributed by atoms with E-state index in [4.69, 9.17) is 11.5 Å². The number of hydrogen-bond donors (Lipinski definition) is 3. The van der Waals surface area contributed by atoms with Gasteiger partial charge in [-0.3, -0.25) is 0 Å². The highest BCUT2D eigenvalue weighted by Crippen LogP contribution is 2.31. The minimum Gasteiger partial charge on any atom is -0.506 e. The molecule has 5 heteroatoms. The smallest absolute Gasteiger partial charge is 0.144 e. The molecule has 0 unspecified atom stereocenters. The first-order valence-corrected chi connectivity index (χ1v) is 6.09. The highest BCUT2D eigenvalue weighted by Gasteiger charge is 2.08. The van der Waals surface area contributed by atoms with Crippen LogP contribution in [0.25, 0.3) is 21.8 Å². The molecular formula is C14H16N4O. The molecular weight excluding hydrogens is 240 g/mol. The summed E-state index contributed by atoms with van der Waals surface area (Å²) in [6.07, 6.45) is 0. The van der Waals surface area contributed by atoms with Crippen molar-refractivity contribution in [3.8, 4) is 5.75 Å². The summed E-state index contributed by atoms with van der Waals surface area (Å²) in [5, 5.41) is 11.6. The maximum Gasteiger partial charge on any atom is 0.144 e. The Kier molecular flexibility index (Phi) is 3.37. The highest BCUT2D eigenvalue weighted by atomic mass is 16.3. The number of anilines is 2. The molecule has 0 bridgehead atoms. The van der Waals surface area contributed by atoms with E-state index in [1.54, 1.807) is 18.2 Å². The second-order valence-corrected chi connectivity index (χ2v) is 3.83. The average Bonchev–Trinajstić information content (AvgIpc) is 2.41. The molecule has 3 rings (SSSR count). The zero-order valence-electron chi connectivity index (χ0n) is 10.9. The fourth-order valence-corrected chi connectivity index (χ4v) is 1.91. The number of benzene rings is 1. The molecule has 0 atom stereocenters. The van der Waals surface area contributed by atoms with Gasteiger partial charge in [-0.1, -0.05) is 13.8 Å². The fraction of sp³-hybridized carbons (Fsp3) is 0.143. The lowest BCUT2D eigenvalue weighted by Crippen LogP contribution is -1.93. The molecule has 0 amide bonds. The van der Waals surface area contributed by atoms with Crippen LogP contribution in [0.5, 0.6) is 5.75 Å². The third-order valence-corrected chi connectivity index (χ3v) is 2.67. The van der Waals surface area contributed by atoms with Crippen LogP contribution in [-0.2, 0) is 0 Å². The normalized spacial score (nSPS) is 10.2. The molecule has 0 aliphatic heterocycles. The topological polar surface area (TPSA) is 98.0 Å².